The Morgan fingerprint density at radius 2 is 2.13 bits per heavy atom. The minimum Gasteiger partial charge on any atom is -0.389 e. The number of hydrogen-bond acceptors (Lipinski definition) is 4. The van der Waals surface area contributed by atoms with E-state index in [4.69, 9.17) is 0 Å². The molecule has 1 saturated heterocycles. The maximum Gasteiger partial charge on any atom is 0.151 e. The number of likely N-dealkylation sites (tertiary alicyclic amines) is 1. The van der Waals surface area contributed by atoms with Gasteiger partial charge in [0.05, 0.1) is 11.4 Å². The molecule has 0 saturated carbocycles. The predicted octanol–water partition coefficient (Wildman–Crippen LogP) is 0.268. The number of hydrogen-bond donors (Lipinski definition) is 1. The predicted molar refractivity (Wildman–Crippen MR) is 60.6 cm³/mol. The first-order valence-electron chi connectivity index (χ1n) is 5.50. The molecule has 5 heteroatoms. The van der Waals surface area contributed by atoms with Gasteiger partial charge < -0.3 is 5.11 Å². The highest BCUT2D eigenvalue weighted by Crippen LogP contribution is 2.19. The molecular formula is C10H21NO3S. The molecule has 1 heterocycles. The van der Waals surface area contributed by atoms with Gasteiger partial charge in [-0.25, -0.2) is 8.42 Å². The van der Waals surface area contributed by atoms with Gasteiger partial charge in [0, 0.05) is 18.8 Å². The lowest BCUT2D eigenvalue weighted by Gasteiger charge is -2.36. The average Bonchev–Trinajstić information content (AvgIpc) is 2.14. The second-order valence-corrected chi connectivity index (χ2v) is 7.09. The van der Waals surface area contributed by atoms with Gasteiger partial charge in [-0.3, -0.25) is 4.90 Å². The molecule has 0 radical (unpaired) electrons. The minimum atomic E-state index is -2.88. The Morgan fingerprint density at radius 3 is 2.67 bits per heavy atom. The Labute approximate surface area is 92.2 Å². The third kappa shape index (κ3) is 4.49. The van der Waals surface area contributed by atoms with Crippen molar-refractivity contribution < 1.29 is 13.5 Å². The highest BCUT2D eigenvalue weighted by Gasteiger charge is 2.28. The van der Waals surface area contributed by atoms with E-state index in [1.165, 1.54) is 0 Å². The van der Waals surface area contributed by atoms with Crippen molar-refractivity contribution in [2.24, 2.45) is 0 Å². The largest absolute Gasteiger partial charge is 0.389 e. The zero-order chi connectivity index (χ0) is 11.5. The standard InChI is InChI=1S/C10H21NO3S/c1-3-15(13,14)8-7-11-6-4-5-10(2,12)9-11/h12H,3-9H2,1-2H3. The van der Waals surface area contributed by atoms with E-state index in [0.717, 1.165) is 19.4 Å². The van der Waals surface area contributed by atoms with Gasteiger partial charge >= 0.3 is 0 Å². The molecule has 1 aliphatic heterocycles. The van der Waals surface area contributed by atoms with Crippen LogP contribution in [0.25, 0.3) is 0 Å². The second kappa shape index (κ2) is 4.80. The van der Waals surface area contributed by atoms with Crippen LogP contribution in [0.1, 0.15) is 26.7 Å². The highest BCUT2D eigenvalue weighted by molar-refractivity contribution is 7.91. The van der Waals surface area contributed by atoms with Crippen molar-refractivity contribution in [1.29, 1.82) is 0 Å². The fraction of sp³-hybridized carbons (Fsp3) is 1.00. The number of nitrogens with zero attached hydrogens (tertiary/aromatic N) is 1. The van der Waals surface area contributed by atoms with Gasteiger partial charge in [0.1, 0.15) is 0 Å². The molecule has 0 bridgehead atoms. The van der Waals surface area contributed by atoms with Crippen molar-refractivity contribution in [2.75, 3.05) is 31.1 Å². The molecule has 0 aromatic carbocycles. The molecule has 90 valence electrons. The van der Waals surface area contributed by atoms with E-state index in [2.05, 4.69) is 0 Å². The Morgan fingerprint density at radius 1 is 1.47 bits per heavy atom. The summed E-state index contributed by atoms with van der Waals surface area (Å²) in [5.74, 6) is 0.414. The third-order valence-corrected chi connectivity index (χ3v) is 4.60. The molecule has 0 spiro atoms. The zero-order valence-corrected chi connectivity index (χ0v) is 10.4. The summed E-state index contributed by atoms with van der Waals surface area (Å²) >= 11 is 0. The van der Waals surface area contributed by atoms with Crippen LogP contribution in [0.15, 0.2) is 0 Å². The molecule has 1 atom stereocenters. The molecule has 15 heavy (non-hydrogen) atoms. The van der Waals surface area contributed by atoms with Gasteiger partial charge in [0.2, 0.25) is 0 Å². The fourth-order valence-electron chi connectivity index (χ4n) is 1.93. The van der Waals surface area contributed by atoms with Crippen LogP contribution in [0.2, 0.25) is 0 Å². The number of β-amino-alcohol motifs (C(OH)–C–C–N with tert-alkyl or cyclic N) is 1. The van der Waals surface area contributed by atoms with Crippen LogP contribution < -0.4 is 0 Å². The molecule has 4 nitrogen and oxygen atoms in total. The van der Waals surface area contributed by atoms with E-state index in [0.29, 0.717) is 13.1 Å². The molecule has 1 rings (SSSR count). The minimum absolute atomic E-state index is 0.206. The van der Waals surface area contributed by atoms with E-state index in [1.807, 2.05) is 11.8 Å². The lowest BCUT2D eigenvalue weighted by Crippen LogP contribution is -2.47. The summed E-state index contributed by atoms with van der Waals surface area (Å²) < 4.78 is 22.6. The Bertz CT molecular complexity index is 298. The number of aliphatic hydroxyl groups is 1. The molecule has 1 fully saturated rings. The molecule has 0 amide bonds. The summed E-state index contributed by atoms with van der Waals surface area (Å²) in [4.78, 5) is 2.04. The van der Waals surface area contributed by atoms with E-state index >= 15 is 0 Å². The molecule has 0 aromatic heterocycles. The Kier molecular flexibility index (Phi) is 4.14. The summed E-state index contributed by atoms with van der Waals surface area (Å²) in [5, 5.41) is 9.84. The molecule has 0 aliphatic carbocycles. The Hall–Kier alpha value is -0.130. The van der Waals surface area contributed by atoms with Gasteiger partial charge in [-0.05, 0) is 26.3 Å². The smallest absolute Gasteiger partial charge is 0.151 e. The van der Waals surface area contributed by atoms with E-state index < -0.39 is 15.4 Å². The van der Waals surface area contributed by atoms with Gasteiger partial charge in [0.25, 0.3) is 0 Å². The molecule has 0 aromatic rings. The molecule has 1 aliphatic rings. The molecule has 1 unspecified atom stereocenters. The van der Waals surface area contributed by atoms with Crippen molar-refractivity contribution in [2.45, 2.75) is 32.3 Å². The summed E-state index contributed by atoms with van der Waals surface area (Å²) in [6.07, 6.45) is 1.75. The van der Waals surface area contributed by atoms with E-state index in [1.54, 1.807) is 6.92 Å². The monoisotopic (exact) mass is 235 g/mol. The first-order valence-corrected chi connectivity index (χ1v) is 7.32. The zero-order valence-electron chi connectivity index (χ0n) is 9.57. The van der Waals surface area contributed by atoms with Crippen LogP contribution in [-0.4, -0.2) is 55.2 Å². The lowest BCUT2D eigenvalue weighted by atomic mass is 9.95. The van der Waals surface area contributed by atoms with Crippen LogP contribution in [0, 0.1) is 0 Å². The fourth-order valence-corrected chi connectivity index (χ4v) is 2.75. The van der Waals surface area contributed by atoms with Crippen molar-refractivity contribution in [3.63, 3.8) is 0 Å². The van der Waals surface area contributed by atoms with Crippen molar-refractivity contribution in [1.82, 2.24) is 4.90 Å². The van der Waals surface area contributed by atoms with E-state index in [9.17, 15) is 13.5 Å². The summed E-state index contributed by atoms with van der Waals surface area (Å²) in [6, 6.07) is 0. The third-order valence-electron chi connectivity index (χ3n) is 2.91. The number of sulfone groups is 1. The first-order chi connectivity index (χ1) is 6.85. The Balaban J connectivity index is 2.40. The van der Waals surface area contributed by atoms with Crippen molar-refractivity contribution in [3.05, 3.63) is 0 Å². The summed E-state index contributed by atoms with van der Waals surface area (Å²) in [6.45, 7) is 5.52. The molecule has 1 N–H and O–H groups in total. The number of rotatable bonds is 4. The van der Waals surface area contributed by atoms with Gasteiger partial charge in [-0.1, -0.05) is 6.92 Å². The van der Waals surface area contributed by atoms with Gasteiger partial charge in [-0.2, -0.15) is 0 Å². The summed E-state index contributed by atoms with van der Waals surface area (Å²) in [5.41, 5.74) is -0.645. The normalized spacial score (nSPS) is 29.3. The highest BCUT2D eigenvalue weighted by atomic mass is 32.2. The van der Waals surface area contributed by atoms with Crippen LogP contribution in [0.3, 0.4) is 0 Å². The van der Waals surface area contributed by atoms with Gasteiger partial charge in [0.15, 0.2) is 9.84 Å². The topological polar surface area (TPSA) is 57.6 Å². The maximum absolute atomic E-state index is 11.3. The van der Waals surface area contributed by atoms with E-state index in [-0.39, 0.29) is 11.5 Å². The quantitative estimate of drug-likeness (QED) is 0.760. The molecular weight excluding hydrogens is 214 g/mol. The summed E-state index contributed by atoms with van der Waals surface area (Å²) in [7, 11) is -2.88. The van der Waals surface area contributed by atoms with Crippen molar-refractivity contribution >= 4 is 9.84 Å². The first kappa shape index (κ1) is 12.9. The average molecular weight is 235 g/mol. The van der Waals surface area contributed by atoms with Crippen LogP contribution in [0.4, 0.5) is 0 Å². The van der Waals surface area contributed by atoms with Crippen LogP contribution >= 0.6 is 0 Å². The van der Waals surface area contributed by atoms with Crippen LogP contribution in [0.5, 0.6) is 0 Å². The van der Waals surface area contributed by atoms with Crippen LogP contribution in [-0.2, 0) is 9.84 Å². The number of piperidine rings is 1. The lowest BCUT2D eigenvalue weighted by molar-refractivity contribution is -0.0134. The SMILES string of the molecule is CCS(=O)(=O)CCN1CCCC(C)(O)C1. The second-order valence-electron chi connectivity index (χ2n) is 4.61. The van der Waals surface area contributed by atoms with Gasteiger partial charge in [-0.15, -0.1) is 0 Å². The maximum atomic E-state index is 11.3. The van der Waals surface area contributed by atoms with Crippen molar-refractivity contribution in [3.8, 4) is 0 Å².